The van der Waals surface area contributed by atoms with E-state index in [2.05, 4.69) is 5.32 Å². The van der Waals surface area contributed by atoms with Gasteiger partial charge in [0, 0.05) is 32.8 Å². The van der Waals surface area contributed by atoms with Gasteiger partial charge in [0.15, 0.2) is 0 Å². The van der Waals surface area contributed by atoms with Gasteiger partial charge in [0.2, 0.25) is 0 Å². The first kappa shape index (κ1) is 16.1. The average molecular weight is 298 g/mol. The first-order valence-corrected chi connectivity index (χ1v) is 7.91. The number of hydrogen-bond acceptors (Lipinski definition) is 3. The second kappa shape index (κ2) is 7.11. The van der Waals surface area contributed by atoms with Gasteiger partial charge >= 0.3 is 12.0 Å². The predicted octanol–water partition coefficient (Wildman–Crippen LogP) is 1.70. The lowest BCUT2D eigenvalue weighted by Gasteiger charge is -2.26. The van der Waals surface area contributed by atoms with E-state index in [1.54, 1.807) is 4.90 Å². The molecule has 2 heterocycles. The maximum Gasteiger partial charge on any atom is 0.317 e. The van der Waals surface area contributed by atoms with Crippen LogP contribution in [0.5, 0.6) is 0 Å². The summed E-state index contributed by atoms with van der Waals surface area (Å²) in [5.74, 6) is -0.297. The van der Waals surface area contributed by atoms with Crippen LogP contribution >= 0.6 is 0 Å². The first-order chi connectivity index (χ1) is 10.1. The highest BCUT2D eigenvalue weighted by Gasteiger charge is 2.45. The van der Waals surface area contributed by atoms with Crippen molar-refractivity contribution in [3.05, 3.63) is 0 Å². The van der Waals surface area contributed by atoms with Crippen LogP contribution in [0.2, 0.25) is 0 Å². The van der Waals surface area contributed by atoms with E-state index in [1.165, 1.54) is 0 Å². The number of hydrogen-bond donors (Lipinski definition) is 2. The molecule has 2 fully saturated rings. The molecule has 2 aliphatic rings. The van der Waals surface area contributed by atoms with E-state index in [9.17, 15) is 14.7 Å². The average Bonchev–Trinajstić information content (AvgIpc) is 2.92. The Morgan fingerprint density at radius 3 is 2.71 bits per heavy atom. The maximum absolute atomic E-state index is 12.2. The van der Waals surface area contributed by atoms with Crippen LogP contribution in [0.15, 0.2) is 0 Å². The molecule has 21 heavy (non-hydrogen) atoms. The number of carbonyl (C=O) groups excluding carboxylic acids is 1. The highest BCUT2D eigenvalue weighted by atomic mass is 16.5. The van der Waals surface area contributed by atoms with Gasteiger partial charge in [0.25, 0.3) is 0 Å². The third-order valence-electron chi connectivity index (χ3n) is 4.71. The Balaban J connectivity index is 1.82. The number of carboxylic acid groups (broad SMARTS) is 1. The Kier molecular flexibility index (Phi) is 5.45. The number of rotatable bonds is 5. The van der Waals surface area contributed by atoms with Crippen LogP contribution in [0.1, 0.15) is 39.0 Å². The second-order valence-corrected chi connectivity index (χ2v) is 6.25. The van der Waals surface area contributed by atoms with Crippen molar-refractivity contribution in [1.29, 1.82) is 0 Å². The molecule has 2 rings (SSSR count). The molecule has 2 N–H and O–H groups in total. The number of amides is 2. The molecule has 0 saturated carbocycles. The number of carbonyl (C=O) groups is 2. The van der Waals surface area contributed by atoms with Gasteiger partial charge in [-0.1, -0.05) is 13.3 Å². The van der Waals surface area contributed by atoms with Crippen molar-refractivity contribution >= 4 is 12.0 Å². The quantitative estimate of drug-likeness (QED) is 0.809. The summed E-state index contributed by atoms with van der Waals surface area (Å²) in [6.45, 7) is 5.04. The van der Waals surface area contributed by atoms with Crippen molar-refractivity contribution in [2.24, 2.45) is 11.3 Å². The van der Waals surface area contributed by atoms with E-state index < -0.39 is 11.4 Å². The van der Waals surface area contributed by atoms with Crippen LogP contribution in [-0.2, 0) is 9.53 Å². The maximum atomic E-state index is 12.2. The summed E-state index contributed by atoms with van der Waals surface area (Å²) in [6.07, 6.45) is 3.97. The van der Waals surface area contributed by atoms with E-state index in [0.717, 1.165) is 32.5 Å². The van der Waals surface area contributed by atoms with Crippen molar-refractivity contribution in [1.82, 2.24) is 10.2 Å². The van der Waals surface area contributed by atoms with E-state index in [1.807, 2.05) is 6.92 Å². The fourth-order valence-corrected chi connectivity index (χ4v) is 3.30. The molecular weight excluding hydrogens is 272 g/mol. The highest BCUT2D eigenvalue weighted by molar-refractivity contribution is 5.79. The molecule has 2 aliphatic heterocycles. The highest BCUT2D eigenvalue weighted by Crippen LogP contribution is 2.35. The molecular formula is C15H26N2O4. The molecule has 2 saturated heterocycles. The monoisotopic (exact) mass is 298 g/mol. The Morgan fingerprint density at radius 2 is 2.10 bits per heavy atom. The van der Waals surface area contributed by atoms with Crippen LogP contribution in [0.25, 0.3) is 0 Å². The Hall–Kier alpha value is -1.30. The number of carboxylic acids is 1. The van der Waals surface area contributed by atoms with Crippen molar-refractivity contribution in [3.63, 3.8) is 0 Å². The molecule has 0 aromatic carbocycles. The predicted molar refractivity (Wildman–Crippen MR) is 78.1 cm³/mol. The number of likely N-dealkylation sites (tertiary alicyclic amines) is 1. The number of nitrogens with one attached hydrogen (secondary N) is 1. The molecule has 0 aromatic heterocycles. The van der Waals surface area contributed by atoms with Crippen molar-refractivity contribution < 1.29 is 19.4 Å². The van der Waals surface area contributed by atoms with Gasteiger partial charge in [-0.25, -0.2) is 4.79 Å². The molecule has 0 aliphatic carbocycles. The van der Waals surface area contributed by atoms with Gasteiger partial charge in [-0.05, 0) is 31.6 Å². The zero-order valence-electron chi connectivity index (χ0n) is 12.8. The van der Waals surface area contributed by atoms with Gasteiger partial charge in [0.05, 0.1) is 5.41 Å². The summed E-state index contributed by atoms with van der Waals surface area (Å²) < 4.78 is 5.30. The summed E-state index contributed by atoms with van der Waals surface area (Å²) in [5, 5.41) is 12.4. The molecule has 0 bridgehead atoms. The van der Waals surface area contributed by atoms with Crippen molar-refractivity contribution in [2.75, 3.05) is 32.8 Å². The summed E-state index contributed by atoms with van der Waals surface area (Å²) in [5.41, 5.74) is -0.745. The van der Waals surface area contributed by atoms with E-state index in [4.69, 9.17) is 4.74 Å². The number of nitrogens with zero attached hydrogens (tertiary/aromatic N) is 1. The Labute approximate surface area is 125 Å². The van der Waals surface area contributed by atoms with Gasteiger partial charge in [0.1, 0.15) is 0 Å². The summed E-state index contributed by atoms with van der Waals surface area (Å²) in [7, 11) is 0. The topological polar surface area (TPSA) is 78.9 Å². The molecule has 2 amide bonds. The molecule has 1 atom stereocenters. The van der Waals surface area contributed by atoms with Crippen molar-refractivity contribution in [2.45, 2.75) is 39.0 Å². The first-order valence-electron chi connectivity index (χ1n) is 7.91. The summed E-state index contributed by atoms with van der Waals surface area (Å²) in [4.78, 5) is 25.4. The van der Waals surface area contributed by atoms with E-state index >= 15 is 0 Å². The fraction of sp³-hybridized carbons (Fsp3) is 0.867. The minimum absolute atomic E-state index is 0.124. The van der Waals surface area contributed by atoms with Gasteiger partial charge in [-0.15, -0.1) is 0 Å². The fourth-order valence-electron chi connectivity index (χ4n) is 3.30. The normalized spacial score (nSPS) is 26.8. The van der Waals surface area contributed by atoms with Gasteiger partial charge in [-0.3, -0.25) is 4.79 Å². The largest absolute Gasteiger partial charge is 0.481 e. The van der Waals surface area contributed by atoms with Crippen LogP contribution in [0.3, 0.4) is 0 Å². The Bertz CT molecular complexity index is 382. The molecule has 0 radical (unpaired) electrons. The Morgan fingerprint density at radius 1 is 1.38 bits per heavy atom. The third kappa shape index (κ3) is 3.87. The van der Waals surface area contributed by atoms with Crippen LogP contribution in [-0.4, -0.2) is 54.9 Å². The van der Waals surface area contributed by atoms with Crippen LogP contribution in [0, 0.1) is 11.3 Å². The number of ether oxygens (including phenoxy) is 1. The van der Waals surface area contributed by atoms with Crippen LogP contribution < -0.4 is 5.32 Å². The summed E-state index contributed by atoms with van der Waals surface area (Å²) in [6, 6.07) is -0.124. The smallest absolute Gasteiger partial charge is 0.317 e. The number of urea groups is 1. The lowest BCUT2D eigenvalue weighted by molar-refractivity contribution is -0.148. The number of aliphatic carboxylic acids is 1. The molecule has 6 heteroatoms. The second-order valence-electron chi connectivity index (χ2n) is 6.25. The molecule has 0 spiro atoms. The van der Waals surface area contributed by atoms with Gasteiger partial charge < -0.3 is 20.1 Å². The van der Waals surface area contributed by atoms with E-state index in [0.29, 0.717) is 38.4 Å². The zero-order chi connectivity index (χ0) is 15.3. The lowest BCUT2D eigenvalue weighted by atomic mass is 9.83. The standard InChI is InChI=1S/C15H26N2O4/c1-2-5-15(13(18)19)6-7-17(11-15)14(20)16-10-12-3-8-21-9-4-12/h12H,2-11H2,1H3,(H,16,20)(H,18,19). The third-order valence-corrected chi connectivity index (χ3v) is 4.71. The van der Waals surface area contributed by atoms with Crippen LogP contribution in [0.4, 0.5) is 4.79 Å². The molecule has 0 aromatic rings. The minimum Gasteiger partial charge on any atom is -0.481 e. The summed E-state index contributed by atoms with van der Waals surface area (Å²) >= 11 is 0. The van der Waals surface area contributed by atoms with Crippen molar-refractivity contribution in [3.8, 4) is 0 Å². The van der Waals surface area contributed by atoms with E-state index in [-0.39, 0.29) is 6.03 Å². The lowest BCUT2D eigenvalue weighted by Crippen LogP contribution is -2.43. The minimum atomic E-state index is -0.774. The molecule has 6 nitrogen and oxygen atoms in total. The molecule has 1 unspecified atom stereocenters. The SMILES string of the molecule is CCCC1(C(=O)O)CCN(C(=O)NCC2CCOCC2)C1. The molecule has 120 valence electrons. The zero-order valence-corrected chi connectivity index (χ0v) is 12.8. The van der Waals surface area contributed by atoms with Gasteiger partial charge in [-0.2, -0.15) is 0 Å².